The molecule has 0 bridgehead atoms. The van der Waals surface area contributed by atoms with Gasteiger partial charge in [0.2, 0.25) is 0 Å². The Morgan fingerprint density at radius 2 is 2.19 bits per heavy atom. The molecule has 8 heteroatoms. The summed E-state index contributed by atoms with van der Waals surface area (Å²) in [4.78, 5) is 21.7. The number of fused-ring (bicyclic) bond motifs is 3. The highest BCUT2D eigenvalue weighted by molar-refractivity contribution is 7.98. The van der Waals surface area contributed by atoms with Crippen molar-refractivity contribution in [2.45, 2.75) is 37.3 Å². The number of hydrogen-bond donors (Lipinski definition) is 1. The first-order chi connectivity index (χ1) is 13.0. The van der Waals surface area contributed by atoms with Crippen molar-refractivity contribution in [3.63, 3.8) is 0 Å². The summed E-state index contributed by atoms with van der Waals surface area (Å²) in [5, 5.41) is 2.84. The molecule has 1 aliphatic rings. The van der Waals surface area contributed by atoms with Gasteiger partial charge in [0.05, 0.1) is 23.9 Å². The average molecular weight is 441 g/mol. The maximum absolute atomic E-state index is 13.2. The molecule has 0 radical (unpaired) electrons. The summed E-state index contributed by atoms with van der Waals surface area (Å²) in [5.74, 6) is 0.645. The van der Waals surface area contributed by atoms with Crippen molar-refractivity contribution in [3.05, 3.63) is 54.6 Å². The number of quaternary nitrogens is 1. The quantitative estimate of drug-likeness (QED) is 0.496. The summed E-state index contributed by atoms with van der Waals surface area (Å²) in [5.41, 5.74) is 2.29. The largest absolute Gasteiger partial charge is 0.333 e. The number of thioether (sulfide) groups is 1. The van der Waals surface area contributed by atoms with E-state index in [-0.39, 0.29) is 5.56 Å². The van der Waals surface area contributed by atoms with E-state index in [0.717, 1.165) is 40.4 Å². The second-order valence-electron chi connectivity index (χ2n) is 6.79. The third-order valence-corrected chi connectivity index (χ3v) is 7.65. The van der Waals surface area contributed by atoms with Crippen molar-refractivity contribution in [1.82, 2.24) is 9.55 Å². The van der Waals surface area contributed by atoms with E-state index >= 15 is 0 Å². The highest BCUT2D eigenvalue weighted by atomic mass is 35.5. The van der Waals surface area contributed by atoms with E-state index in [1.807, 2.05) is 19.1 Å². The van der Waals surface area contributed by atoms with E-state index in [4.69, 9.17) is 28.2 Å². The number of likely N-dealkylation sites (N-methyl/N-ethyl adjacent to an activating group) is 1. The number of hydrogen-bond acceptors (Lipinski definition) is 4. The van der Waals surface area contributed by atoms with Crippen molar-refractivity contribution >= 4 is 56.5 Å². The van der Waals surface area contributed by atoms with E-state index in [1.165, 1.54) is 15.3 Å². The molecule has 0 aliphatic carbocycles. The van der Waals surface area contributed by atoms with Gasteiger partial charge in [-0.15, -0.1) is 11.3 Å². The Labute approximate surface area is 176 Å². The first kappa shape index (κ1) is 19.3. The summed E-state index contributed by atoms with van der Waals surface area (Å²) in [6.07, 6.45) is 0.953. The van der Waals surface area contributed by atoms with Crippen LogP contribution in [0, 0.1) is 0 Å². The Balaban J connectivity index is 1.73. The molecule has 1 aliphatic heterocycles. The molecule has 2 aromatic heterocycles. The van der Waals surface area contributed by atoms with Gasteiger partial charge in [-0.1, -0.05) is 41.0 Å². The lowest BCUT2D eigenvalue weighted by Gasteiger charge is -2.19. The lowest BCUT2D eigenvalue weighted by molar-refractivity contribution is -0.895. The molecule has 0 saturated carbocycles. The molecule has 1 aromatic carbocycles. The summed E-state index contributed by atoms with van der Waals surface area (Å²) in [7, 11) is 2.20. The van der Waals surface area contributed by atoms with Crippen LogP contribution in [0.3, 0.4) is 0 Å². The topological polar surface area (TPSA) is 39.3 Å². The van der Waals surface area contributed by atoms with Crippen LogP contribution in [0.4, 0.5) is 0 Å². The normalized spacial score (nSPS) is 16.7. The highest BCUT2D eigenvalue weighted by Crippen LogP contribution is 2.32. The van der Waals surface area contributed by atoms with E-state index in [2.05, 4.69) is 7.05 Å². The van der Waals surface area contributed by atoms with Crippen molar-refractivity contribution in [3.8, 4) is 0 Å². The Bertz CT molecular complexity index is 1080. The molecule has 27 heavy (non-hydrogen) atoms. The van der Waals surface area contributed by atoms with Crippen molar-refractivity contribution in [1.29, 1.82) is 0 Å². The number of benzene rings is 1. The maximum atomic E-state index is 13.2. The van der Waals surface area contributed by atoms with E-state index < -0.39 is 0 Å². The maximum Gasteiger partial charge on any atom is 0.263 e. The lowest BCUT2D eigenvalue weighted by atomic mass is 10.1. The molecule has 4 nitrogen and oxygen atoms in total. The number of nitrogens with zero attached hydrogens (tertiary/aromatic N) is 2. The second kappa shape index (κ2) is 7.76. The van der Waals surface area contributed by atoms with Crippen LogP contribution in [0.1, 0.15) is 22.9 Å². The van der Waals surface area contributed by atoms with Gasteiger partial charge in [-0.3, -0.25) is 9.36 Å². The zero-order chi connectivity index (χ0) is 19.1. The molecule has 0 amide bonds. The highest BCUT2D eigenvalue weighted by Gasteiger charge is 2.25. The fourth-order valence-corrected chi connectivity index (χ4v) is 6.44. The van der Waals surface area contributed by atoms with Gasteiger partial charge in [-0.25, -0.2) is 4.98 Å². The SMILES string of the molecule is CCn1c(SCc2ccc(Cl)cc2Cl)nc2sc3c(c2c1=O)CC[NH+](C)C3. The van der Waals surface area contributed by atoms with Crippen LogP contribution in [0.25, 0.3) is 10.2 Å². The number of nitrogens with one attached hydrogen (secondary N) is 1. The smallest absolute Gasteiger partial charge is 0.263 e. The molecule has 4 rings (SSSR count). The molecule has 142 valence electrons. The minimum atomic E-state index is 0.0873. The third kappa shape index (κ3) is 3.66. The summed E-state index contributed by atoms with van der Waals surface area (Å²) in [6, 6.07) is 5.50. The minimum absolute atomic E-state index is 0.0873. The number of rotatable bonds is 4. The van der Waals surface area contributed by atoms with Crippen LogP contribution < -0.4 is 10.5 Å². The second-order valence-corrected chi connectivity index (χ2v) is 9.66. The van der Waals surface area contributed by atoms with Crippen LogP contribution in [0.2, 0.25) is 10.0 Å². The van der Waals surface area contributed by atoms with Gasteiger partial charge >= 0.3 is 0 Å². The Hall–Kier alpha value is -1.05. The molecular formula is C19H20Cl2N3OS2+. The van der Waals surface area contributed by atoms with Gasteiger partial charge in [-0.2, -0.15) is 0 Å². The monoisotopic (exact) mass is 440 g/mol. The van der Waals surface area contributed by atoms with E-state index in [1.54, 1.807) is 33.7 Å². The fourth-order valence-electron chi connectivity index (χ4n) is 3.44. The van der Waals surface area contributed by atoms with E-state index in [0.29, 0.717) is 22.3 Å². The Morgan fingerprint density at radius 1 is 1.37 bits per heavy atom. The van der Waals surface area contributed by atoms with Gasteiger partial charge in [0.15, 0.2) is 5.16 Å². The van der Waals surface area contributed by atoms with Crippen molar-refractivity contribution in [2.75, 3.05) is 13.6 Å². The molecular weight excluding hydrogens is 421 g/mol. The molecule has 3 heterocycles. The van der Waals surface area contributed by atoms with Gasteiger partial charge in [-0.05, 0) is 30.2 Å². The zero-order valence-corrected chi connectivity index (χ0v) is 18.3. The molecule has 0 spiro atoms. The van der Waals surface area contributed by atoms with Crippen LogP contribution in [0.5, 0.6) is 0 Å². The minimum Gasteiger partial charge on any atom is -0.333 e. The number of halogens is 2. The number of aromatic nitrogens is 2. The van der Waals surface area contributed by atoms with Crippen molar-refractivity contribution in [2.24, 2.45) is 0 Å². The first-order valence-electron chi connectivity index (χ1n) is 8.91. The molecule has 1 unspecified atom stereocenters. The predicted molar refractivity (Wildman–Crippen MR) is 115 cm³/mol. The average Bonchev–Trinajstić information content (AvgIpc) is 2.98. The summed E-state index contributed by atoms with van der Waals surface area (Å²) >= 11 is 15.5. The molecule has 1 atom stereocenters. The van der Waals surface area contributed by atoms with Crippen LogP contribution in [-0.4, -0.2) is 23.1 Å². The molecule has 3 aromatic rings. The third-order valence-electron chi connectivity index (χ3n) is 4.91. The zero-order valence-electron chi connectivity index (χ0n) is 15.1. The molecule has 1 N–H and O–H groups in total. The Morgan fingerprint density at radius 3 is 2.93 bits per heavy atom. The fraction of sp³-hybridized carbons (Fsp3) is 0.368. The van der Waals surface area contributed by atoms with Crippen LogP contribution in [-0.2, 0) is 25.3 Å². The Kier molecular flexibility index (Phi) is 5.54. The summed E-state index contributed by atoms with van der Waals surface area (Å²) in [6.45, 7) is 4.64. The van der Waals surface area contributed by atoms with E-state index in [9.17, 15) is 4.79 Å². The lowest BCUT2D eigenvalue weighted by Crippen LogP contribution is -3.08. The summed E-state index contributed by atoms with van der Waals surface area (Å²) < 4.78 is 1.79. The van der Waals surface area contributed by atoms with Crippen LogP contribution in [0.15, 0.2) is 28.2 Å². The van der Waals surface area contributed by atoms with Gasteiger partial charge in [0.25, 0.3) is 5.56 Å². The van der Waals surface area contributed by atoms with Gasteiger partial charge < -0.3 is 4.90 Å². The van der Waals surface area contributed by atoms with Gasteiger partial charge in [0, 0.05) is 28.8 Å². The number of thiophene rings is 1. The van der Waals surface area contributed by atoms with Crippen molar-refractivity contribution < 1.29 is 4.90 Å². The first-order valence-corrected chi connectivity index (χ1v) is 11.5. The molecule has 0 fully saturated rings. The van der Waals surface area contributed by atoms with Crippen LogP contribution >= 0.6 is 46.3 Å². The standard InChI is InChI=1S/C19H19Cl2N3OS2/c1-3-24-18(25)16-13-6-7-23(2)9-15(13)27-17(16)22-19(24)26-10-11-4-5-12(20)8-14(11)21/h4-5,8H,3,6-7,9-10H2,1-2H3/p+1. The predicted octanol–water partition coefficient (Wildman–Crippen LogP) is 3.65. The molecule has 0 saturated heterocycles. The van der Waals surface area contributed by atoms with Gasteiger partial charge in [0.1, 0.15) is 11.4 Å².